The van der Waals surface area contributed by atoms with Crippen LogP contribution in [-0.2, 0) is 13.6 Å². The first-order chi connectivity index (χ1) is 14.8. The fourth-order valence-electron chi connectivity index (χ4n) is 3.82. The second-order valence-corrected chi connectivity index (χ2v) is 11.3. The minimum Gasteiger partial charge on any atom is -0.327 e. The first-order valence-electron chi connectivity index (χ1n) is 13.3. The molecule has 0 aliphatic carbocycles. The highest BCUT2D eigenvalue weighted by Gasteiger charge is 2.23. The maximum atomic E-state index is 12.0. The molecule has 188 valence electrons. The molecule has 0 aromatic carbocycles. The molecule has 6 heteroatoms. The van der Waals surface area contributed by atoms with Crippen LogP contribution in [0, 0.1) is 0 Å². The molecule has 31 heavy (non-hydrogen) atoms. The van der Waals surface area contributed by atoms with Gasteiger partial charge in [0.15, 0.2) is 0 Å². The Kier molecular flexibility index (Phi) is 20.7. The van der Waals surface area contributed by atoms with Crippen molar-refractivity contribution in [1.82, 2.24) is 0 Å². The van der Waals surface area contributed by atoms with E-state index in [-0.39, 0.29) is 6.61 Å². The van der Waals surface area contributed by atoms with Crippen molar-refractivity contribution in [2.75, 3.05) is 40.4 Å². The van der Waals surface area contributed by atoms with Gasteiger partial charge in [0, 0.05) is 0 Å². The van der Waals surface area contributed by atoms with Gasteiger partial charge in [-0.05, 0) is 19.3 Å². The molecule has 0 aromatic rings. The largest absolute Gasteiger partial charge is 0.472 e. The number of nitrogens with zero attached hydrogens (tertiary/aromatic N) is 1. The molecule has 0 spiro atoms. The van der Waals surface area contributed by atoms with Crippen molar-refractivity contribution in [3.05, 3.63) is 0 Å². The summed E-state index contributed by atoms with van der Waals surface area (Å²) in [5, 5.41) is 0. The zero-order valence-corrected chi connectivity index (χ0v) is 22.3. The van der Waals surface area contributed by atoms with Gasteiger partial charge in [0.1, 0.15) is 13.2 Å². The van der Waals surface area contributed by atoms with E-state index in [1.807, 2.05) is 0 Å². The zero-order chi connectivity index (χ0) is 23.3. The maximum absolute atomic E-state index is 12.0. The van der Waals surface area contributed by atoms with E-state index in [0.29, 0.717) is 6.61 Å². The summed E-state index contributed by atoms with van der Waals surface area (Å²) in [4.78, 5) is 9.87. The number of quaternary nitrogens is 1. The number of hydrogen-bond acceptors (Lipinski definition) is 3. The molecule has 0 aliphatic heterocycles. The molecule has 0 aromatic heterocycles. The molecule has 0 saturated carbocycles. The number of phosphoric acid groups is 1. The Bertz CT molecular complexity index is 432. The summed E-state index contributed by atoms with van der Waals surface area (Å²) in [7, 11) is 0.413. The minimum absolute atomic E-state index is 0.259. The van der Waals surface area contributed by atoms with Crippen LogP contribution in [0.1, 0.15) is 123 Å². The summed E-state index contributed by atoms with van der Waals surface area (Å²) in [5.74, 6) is 0. The van der Waals surface area contributed by atoms with Crippen LogP contribution < -0.4 is 0 Å². The van der Waals surface area contributed by atoms with Gasteiger partial charge in [-0.2, -0.15) is 0 Å². The quantitative estimate of drug-likeness (QED) is 0.0897. The van der Waals surface area contributed by atoms with Crippen molar-refractivity contribution < 1.29 is 23.0 Å². The standard InChI is InChI=1S/C25H54NO4P/c1-5-7-9-11-13-15-17-19-21-24-29-31(27,28)30-25-23-26(3,4)22-20-18-16-14-12-10-8-6-2/h5-25H2,1-4H3/p+1. The highest BCUT2D eigenvalue weighted by Crippen LogP contribution is 2.43. The predicted octanol–water partition coefficient (Wildman–Crippen LogP) is 7.87. The molecule has 1 unspecified atom stereocenters. The van der Waals surface area contributed by atoms with E-state index in [4.69, 9.17) is 9.05 Å². The highest BCUT2D eigenvalue weighted by atomic mass is 31.2. The number of phosphoric ester groups is 1. The van der Waals surface area contributed by atoms with Crippen molar-refractivity contribution >= 4 is 7.82 Å². The molecule has 0 heterocycles. The van der Waals surface area contributed by atoms with Crippen LogP contribution in [0.5, 0.6) is 0 Å². The summed E-state index contributed by atoms with van der Waals surface area (Å²) in [6, 6.07) is 0. The summed E-state index contributed by atoms with van der Waals surface area (Å²) in [5.41, 5.74) is 0. The van der Waals surface area contributed by atoms with Crippen molar-refractivity contribution in [1.29, 1.82) is 0 Å². The third-order valence-electron chi connectivity index (χ3n) is 6.07. The topological polar surface area (TPSA) is 55.8 Å². The zero-order valence-electron chi connectivity index (χ0n) is 21.4. The van der Waals surface area contributed by atoms with Crippen molar-refractivity contribution in [2.45, 2.75) is 123 Å². The highest BCUT2D eigenvalue weighted by molar-refractivity contribution is 7.47. The minimum atomic E-state index is -3.91. The van der Waals surface area contributed by atoms with Gasteiger partial charge in [0.2, 0.25) is 0 Å². The lowest BCUT2D eigenvalue weighted by Crippen LogP contribution is -2.42. The first-order valence-corrected chi connectivity index (χ1v) is 14.8. The Balaban J connectivity index is 3.63. The van der Waals surface area contributed by atoms with Crippen molar-refractivity contribution in [2.24, 2.45) is 0 Å². The first kappa shape index (κ1) is 31.1. The number of rotatable bonds is 24. The molecule has 1 atom stereocenters. The third kappa shape index (κ3) is 23.0. The van der Waals surface area contributed by atoms with E-state index in [1.165, 1.54) is 96.3 Å². The van der Waals surface area contributed by atoms with E-state index < -0.39 is 7.82 Å². The molecule has 0 radical (unpaired) electrons. The second kappa shape index (κ2) is 20.7. The normalized spacial score (nSPS) is 14.1. The van der Waals surface area contributed by atoms with Gasteiger partial charge in [-0.25, -0.2) is 4.57 Å². The Morgan fingerprint density at radius 3 is 1.45 bits per heavy atom. The van der Waals surface area contributed by atoms with Gasteiger partial charge in [-0.3, -0.25) is 9.05 Å². The average Bonchev–Trinajstić information content (AvgIpc) is 2.71. The number of likely N-dealkylation sites (N-methyl/N-ethyl adjacent to an activating group) is 1. The summed E-state index contributed by atoms with van der Waals surface area (Å²) < 4.78 is 23.2. The average molecular weight is 465 g/mol. The van der Waals surface area contributed by atoms with Crippen LogP contribution in [0.4, 0.5) is 0 Å². The van der Waals surface area contributed by atoms with E-state index >= 15 is 0 Å². The van der Waals surface area contributed by atoms with E-state index in [9.17, 15) is 9.46 Å². The van der Waals surface area contributed by atoms with E-state index in [1.54, 1.807) is 0 Å². The number of unbranched alkanes of at least 4 members (excludes halogenated alkanes) is 15. The van der Waals surface area contributed by atoms with Gasteiger partial charge in [0.05, 0.1) is 27.2 Å². The van der Waals surface area contributed by atoms with Crippen LogP contribution in [0.2, 0.25) is 0 Å². The Labute approximate surface area is 194 Å². The molecule has 0 bridgehead atoms. The molecular weight excluding hydrogens is 409 g/mol. The van der Waals surface area contributed by atoms with Crippen LogP contribution in [0.25, 0.3) is 0 Å². The van der Waals surface area contributed by atoms with Crippen molar-refractivity contribution in [3.8, 4) is 0 Å². The van der Waals surface area contributed by atoms with E-state index in [2.05, 4.69) is 27.9 Å². The summed E-state index contributed by atoms with van der Waals surface area (Å²) in [6.07, 6.45) is 21.5. The molecule has 0 saturated heterocycles. The van der Waals surface area contributed by atoms with Crippen LogP contribution >= 0.6 is 7.82 Å². The monoisotopic (exact) mass is 464 g/mol. The van der Waals surface area contributed by atoms with Gasteiger partial charge >= 0.3 is 7.82 Å². The lowest BCUT2D eigenvalue weighted by atomic mass is 10.1. The fraction of sp³-hybridized carbons (Fsp3) is 1.00. The van der Waals surface area contributed by atoms with Gasteiger partial charge in [-0.1, -0.05) is 104 Å². The SMILES string of the molecule is CCCCCCCCCCCOP(=O)(O)OCC[N+](C)(C)CCCCCCCCCC. The Morgan fingerprint density at radius 2 is 0.968 bits per heavy atom. The predicted molar refractivity (Wildman–Crippen MR) is 133 cm³/mol. The van der Waals surface area contributed by atoms with Crippen LogP contribution in [0.15, 0.2) is 0 Å². The molecule has 0 rings (SSSR count). The van der Waals surface area contributed by atoms with Gasteiger partial charge < -0.3 is 9.38 Å². The second-order valence-electron chi connectivity index (χ2n) is 9.82. The lowest BCUT2D eigenvalue weighted by molar-refractivity contribution is -0.890. The smallest absolute Gasteiger partial charge is 0.327 e. The van der Waals surface area contributed by atoms with E-state index in [0.717, 1.165) is 30.4 Å². The number of hydrogen-bond donors (Lipinski definition) is 1. The molecule has 0 fully saturated rings. The molecule has 0 aliphatic rings. The van der Waals surface area contributed by atoms with Gasteiger partial charge in [-0.15, -0.1) is 0 Å². The van der Waals surface area contributed by atoms with Crippen LogP contribution in [-0.4, -0.2) is 49.8 Å². The molecule has 0 amide bonds. The van der Waals surface area contributed by atoms with Gasteiger partial charge in [0.25, 0.3) is 0 Å². The van der Waals surface area contributed by atoms with Crippen LogP contribution in [0.3, 0.4) is 0 Å². The maximum Gasteiger partial charge on any atom is 0.472 e. The summed E-state index contributed by atoms with van der Waals surface area (Å²) >= 11 is 0. The fourth-order valence-corrected chi connectivity index (χ4v) is 4.57. The van der Waals surface area contributed by atoms with Crippen molar-refractivity contribution in [3.63, 3.8) is 0 Å². The lowest BCUT2D eigenvalue weighted by Gasteiger charge is -2.29. The molecule has 5 nitrogen and oxygen atoms in total. The third-order valence-corrected chi connectivity index (χ3v) is 7.09. The molecule has 1 N–H and O–H groups in total. The Morgan fingerprint density at radius 1 is 0.581 bits per heavy atom. The molecular formula is C25H55NO4P+. The summed E-state index contributed by atoms with van der Waals surface area (Å²) in [6.45, 7) is 6.86. The Hall–Kier alpha value is 0.0700.